The lowest BCUT2D eigenvalue weighted by molar-refractivity contribution is 0.102. The minimum atomic E-state index is -0.423. The number of anilines is 3. The normalized spacial score (nSPS) is 20.6. The molecule has 2 atom stereocenters. The molecule has 2 aliphatic rings. The second-order valence-corrected chi connectivity index (χ2v) is 6.79. The molecule has 2 aromatic heterocycles. The summed E-state index contributed by atoms with van der Waals surface area (Å²) in [6.45, 7) is 1.49. The Kier molecular flexibility index (Phi) is 4.09. The van der Waals surface area contributed by atoms with Crippen molar-refractivity contribution in [1.82, 2.24) is 20.2 Å². The molecule has 0 bridgehead atoms. The van der Waals surface area contributed by atoms with Crippen molar-refractivity contribution < 1.29 is 13.9 Å². The molecule has 1 saturated heterocycles. The van der Waals surface area contributed by atoms with Crippen LogP contribution in [-0.2, 0) is 4.74 Å². The molecule has 3 aromatic rings. The van der Waals surface area contributed by atoms with Crippen LogP contribution in [0.4, 0.5) is 22.0 Å². The molecular formula is C19H19FN6O2. The Balaban J connectivity index is 1.33. The third kappa shape index (κ3) is 3.13. The maximum Gasteiger partial charge on any atom is 0.227 e. The lowest BCUT2D eigenvalue weighted by Gasteiger charge is -2.26. The zero-order valence-corrected chi connectivity index (χ0v) is 15.2. The van der Waals surface area contributed by atoms with Crippen LogP contribution in [0, 0.1) is 5.82 Å². The number of H-pyrrole nitrogens is 1. The van der Waals surface area contributed by atoms with Crippen LogP contribution in [0.2, 0.25) is 0 Å². The molecule has 3 heterocycles. The van der Waals surface area contributed by atoms with Crippen molar-refractivity contribution >= 4 is 17.6 Å². The molecule has 0 amide bonds. The molecule has 8 nitrogen and oxygen atoms in total. The van der Waals surface area contributed by atoms with Crippen LogP contribution in [-0.4, -0.2) is 52.6 Å². The highest BCUT2D eigenvalue weighted by atomic mass is 19.1. The molecule has 2 fully saturated rings. The Morgan fingerprint density at radius 2 is 2.21 bits per heavy atom. The van der Waals surface area contributed by atoms with E-state index in [2.05, 4.69) is 30.4 Å². The van der Waals surface area contributed by atoms with E-state index in [1.165, 1.54) is 13.2 Å². The number of benzene rings is 1. The van der Waals surface area contributed by atoms with Gasteiger partial charge in [-0.2, -0.15) is 10.1 Å². The van der Waals surface area contributed by atoms with Gasteiger partial charge in [0, 0.05) is 24.4 Å². The summed E-state index contributed by atoms with van der Waals surface area (Å²) in [4.78, 5) is 11.2. The zero-order chi connectivity index (χ0) is 19.1. The lowest BCUT2D eigenvalue weighted by atomic mass is 10.1. The molecule has 9 heteroatoms. The summed E-state index contributed by atoms with van der Waals surface area (Å²) in [7, 11) is 1.44. The Hall–Kier alpha value is -3.20. The monoisotopic (exact) mass is 382 g/mol. The van der Waals surface area contributed by atoms with Crippen LogP contribution in [0.3, 0.4) is 0 Å². The summed E-state index contributed by atoms with van der Waals surface area (Å²) in [5, 5.41) is 10.3. The topological polar surface area (TPSA) is 88.2 Å². The van der Waals surface area contributed by atoms with Gasteiger partial charge < -0.3 is 19.7 Å². The number of rotatable bonds is 5. The van der Waals surface area contributed by atoms with Crippen LogP contribution in [0.5, 0.6) is 5.75 Å². The van der Waals surface area contributed by atoms with E-state index < -0.39 is 5.82 Å². The van der Waals surface area contributed by atoms with Crippen molar-refractivity contribution in [2.45, 2.75) is 18.6 Å². The summed E-state index contributed by atoms with van der Waals surface area (Å²) in [5.41, 5.74) is 1.36. The molecule has 5 rings (SSSR count). The van der Waals surface area contributed by atoms with Crippen molar-refractivity contribution in [2.24, 2.45) is 0 Å². The molecule has 0 radical (unpaired) electrons. The largest absolute Gasteiger partial charge is 0.494 e. The number of fused-ring (bicyclic) bond motifs is 1. The fourth-order valence-electron chi connectivity index (χ4n) is 3.44. The van der Waals surface area contributed by atoms with Gasteiger partial charge >= 0.3 is 0 Å². The predicted octanol–water partition coefficient (Wildman–Crippen LogP) is 2.74. The molecule has 1 aliphatic carbocycles. The first-order valence-corrected chi connectivity index (χ1v) is 9.09. The minimum absolute atomic E-state index is 0.205. The second kappa shape index (κ2) is 6.75. The Labute approximate surface area is 160 Å². The minimum Gasteiger partial charge on any atom is -0.494 e. The molecule has 144 valence electrons. The third-order valence-electron chi connectivity index (χ3n) is 4.96. The van der Waals surface area contributed by atoms with Gasteiger partial charge in [0.1, 0.15) is 5.82 Å². The molecule has 28 heavy (non-hydrogen) atoms. The van der Waals surface area contributed by atoms with E-state index in [-0.39, 0.29) is 5.75 Å². The first kappa shape index (κ1) is 16.9. The number of aromatic amines is 1. The van der Waals surface area contributed by atoms with Gasteiger partial charge in [0.05, 0.1) is 31.6 Å². The van der Waals surface area contributed by atoms with Crippen molar-refractivity contribution in [3.8, 4) is 17.0 Å². The molecule has 2 unspecified atom stereocenters. The summed E-state index contributed by atoms with van der Waals surface area (Å²) in [6.07, 6.45) is 3.07. The van der Waals surface area contributed by atoms with E-state index >= 15 is 0 Å². The van der Waals surface area contributed by atoms with Crippen molar-refractivity contribution in [3.05, 3.63) is 42.3 Å². The van der Waals surface area contributed by atoms with Crippen molar-refractivity contribution in [3.63, 3.8) is 0 Å². The number of ether oxygens (including phenoxy) is 2. The highest BCUT2D eigenvalue weighted by Crippen LogP contribution is 2.36. The molecule has 1 aliphatic heterocycles. The van der Waals surface area contributed by atoms with Crippen molar-refractivity contribution in [2.75, 3.05) is 30.5 Å². The first-order valence-electron chi connectivity index (χ1n) is 9.09. The standard InChI is InChI=1S/C19H19FN6O2/c1-27-15-3-2-11(8-12(15)20)13-9-18(25-24-13)22-17-4-5-21-19(23-17)26-6-7-28-16-10-14(16)26/h2-5,8-9,14,16H,6-7,10H2,1H3,(H2,21,22,23,24,25). The Bertz CT molecular complexity index is 1010. The lowest BCUT2D eigenvalue weighted by Crippen LogP contribution is -2.37. The van der Waals surface area contributed by atoms with Gasteiger partial charge in [-0.1, -0.05) is 0 Å². The van der Waals surface area contributed by atoms with E-state index in [4.69, 9.17) is 9.47 Å². The van der Waals surface area contributed by atoms with Gasteiger partial charge in [0.15, 0.2) is 17.4 Å². The van der Waals surface area contributed by atoms with Gasteiger partial charge in [-0.25, -0.2) is 9.37 Å². The average Bonchev–Trinajstić information content (AvgIpc) is 3.38. The Morgan fingerprint density at radius 3 is 3.07 bits per heavy atom. The van der Waals surface area contributed by atoms with Gasteiger partial charge in [0.2, 0.25) is 5.95 Å². The average molecular weight is 382 g/mol. The van der Waals surface area contributed by atoms with Gasteiger partial charge in [-0.3, -0.25) is 5.10 Å². The van der Waals surface area contributed by atoms with Gasteiger partial charge in [-0.15, -0.1) is 0 Å². The first-order chi connectivity index (χ1) is 13.7. The maximum atomic E-state index is 13.9. The fraction of sp³-hybridized carbons (Fsp3) is 0.316. The molecular weight excluding hydrogens is 363 g/mol. The van der Waals surface area contributed by atoms with Crippen molar-refractivity contribution in [1.29, 1.82) is 0 Å². The van der Waals surface area contributed by atoms with E-state index in [0.29, 0.717) is 47.6 Å². The highest BCUT2D eigenvalue weighted by Gasteiger charge is 2.46. The van der Waals surface area contributed by atoms with E-state index in [1.807, 2.05) is 0 Å². The van der Waals surface area contributed by atoms with Crippen LogP contribution in [0.15, 0.2) is 36.5 Å². The highest BCUT2D eigenvalue weighted by molar-refractivity contribution is 5.66. The van der Waals surface area contributed by atoms with E-state index in [1.54, 1.807) is 30.5 Å². The zero-order valence-electron chi connectivity index (χ0n) is 15.2. The number of aromatic nitrogens is 4. The van der Waals surface area contributed by atoms with Gasteiger partial charge in [0.25, 0.3) is 0 Å². The smallest absolute Gasteiger partial charge is 0.227 e. The quantitative estimate of drug-likeness (QED) is 0.701. The third-order valence-corrected chi connectivity index (χ3v) is 4.96. The number of hydrogen-bond donors (Lipinski definition) is 2. The molecule has 0 spiro atoms. The molecule has 1 saturated carbocycles. The number of morpholine rings is 1. The SMILES string of the molecule is COc1ccc(-c2cc(Nc3ccnc(N4CCOC5CC54)n3)n[nH]2)cc1F. The number of halogens is 1. The number of nitrogens with one attached hydrogen (secondary N) is 2. The molecule has 2 N–H and O–H groups in total. The van der Waals surface area contributed by atoms with Crippen LogP contribution >= 0.6 is 0 Å². The number of methoxy groups -OCH3 is 1. The Morgan fingerprint density at radius 1 is 1.29 bits per heavy atom. The summed E-state index contributed by atoms with van der Waals surface area (Å²) >= 11 is 0. The summed E-state index contributed by atoms with van der Waals surface area (Å²) < 4.78 is 24.5. The van der Waals surface area contributed by atoms with Crippen LogP contribution in [0.25, 0.3) is 11.3 Å². The number of nitrogens with zero attached hydrogens (tertiary/aromatic N) is 4. The second-order valence-electron chi connectivity index (χ2n) is 6.79. The number of hydrogen-bond acceptors (Lipinski definition) is 7. The maximum absolute atomic E-state index is 13.9. The summed E-state index contributed by atoms with van der Waals surface area (Å²) in [6, 6.07) is 8.73. The predicted molar refractivity (Wildman–Crippen MR) is 101 cm³/mol. The van der Waals surface area contributed by atoms with E-state index in [0.717, 1.165) is 13.0 Å². The van der Waals surface area contributed by atoms with E-state index in [9.17, 15) is 4.39 Å². The van der Waals surface area contributed by atoms with Gasteiger partial charge in [-0.05, 0) is 30.7 Å². The summed E-state index contributed by atoms with van der Waals surface area (Å²) in [5.74, 6) is 1.70. The van der Waals surface area contributed by atoms with Crippen LogP contribution < -0.4 is 15.0 Å². The molecule has 1 aromatic carbocycles. The fourth-order valence-corrected chi connectivity index (χ4v) is 3.44. The van der Waals surface area contributed by atoms with Crippen LogP contribution in [0.1, 0.15) is 6.42 Å².